The van der Waals surface area contributed by atoms with Gasteiger partial charge in [0.2, 0.25) is 0 Å². The highest BCUT2D eigenvalue weighted by Gasteiger charge is 2.25. The number of quaternary nitrogens is 1. The fraction of sp³-hybridized carbons (Fsp3) is 0.850. The lowest BCUT2D eigenvalue weighted by atomic mass is 10.1. The molecule has 7 nitrogen and oxygen atoms in total. The van der Waals surface area contributed by atoms with Crippen LogP contribution in [0.1, 0.15) is 32.6 Å². The number of carboxylic acids is 1. The van der Waals surface area contributed by atoms with Crippen LogP contribution in [0.3, 0.4) is 0 Å². The number of aliphatic carboxylic acids is 1. The SMILES string of the molecule is C=CC[N+]1(CC)CCCCC1.COCCOCCOCCOCCC(=O)[O-]. The van der Waals surface area contributed by atoms with Crippen LogP contribution >= 0.6 is 0 Å². The van der Waals surface area contributed by atoms with Crippen LogP contribution in [0.5, 0.6) is 0 Å². The Labute approximate surface area is 164 Å². The van der Waals surface area contributed by atoms with Crippen molar-refractivity contribution in [3.05, 3.63) is 12.7 Å². The Hall–Kier alpha value is -0.990. The van der Waals surface area contributed by atoms with Gasteiger partial charge in [-0.3, -0.25) is 0 Å². The number of nitrogens with zero attached hydrogens (tertiary/aromatic N) is 1. The van der Waals surface area contributed by atoms with Crippen molar-refractivity contribution in [1.29, 1.82) is 0 Å². The molecular weight excluding hydrogens is 350 g/mol. The van der Waals surface area contributed by atoms with Gasteiger partial charge in [-0.25, -0.2) is 0 Å². The third kappa shape index (κ3) is 15.7. The van der Waals surface area contributed by atoms with Gasteiger partial charge in [-0.1, -0.05) is 6.58 Å². The third-order valence-corrected chi connectivity index (χ3v) is 4.58. The van der Waals surface area contributed by atoms with Crippen molar-refractivity contribution in [3.63, 3.8) is 0 Å². The number of hydrogen-bond acceptors (Lipinski definition) is 6. The average Bonchev–Trinajstić information content (AvgIpc) is 2.67. The smallest absolute Gasteiger partial charge is 0.0971 e. The predicted octanol–water partition coefficient (Wildman–Crippen LogP) is 1.02. The highest BCUT2D eigenvalue weighted by molar-refractivity contribution is 5.64. The van der Waals surface area contributed by atoms with E-state index in [2.05, 4.69) is 19.6 Å². The van der Waals surface area contributed by atoms with Crippen molar-refractivity contribution in [3.8, 4) is 0 Å². The Bertz CT molecular complexity index is 358. The summed E-state index contributed by atoms with van der Waals surface area (Å²) in [5.41, 5.74) is 0. The minimum absolute atomic E-state index is 0.0832. The molecule has 1 aliphatic rings. The van der Waals surface area contributed by atoms with E-state index in [4.69, 9.17) is 18.9 Å². The summed E-state index contributed by atoms with van der Waals surface area (Å²) >= 11 is 0. The summed E-state index contributed by atoms with van der Waals surface area (Å²) in [5, 5.41) is 10.0. The Kier molecular flexibility index (Phi) is 17.7. The molecule has 1 rings (SSSR count). The summed E-state index contributed by atoms with van der Waals surface area (Å²) in [6, 6.07) is 0. The fourth-order valence-corrected chi connectivity index (χ4v) is 2.92. The molecule has 0 amide bonds. The molecular formula is C20H39NO6. The molecule has 0 aliphatic carbocycles. The van der Waals surface area contributed by atoms with Gasteiger partial charge in [0.25, 0.3) is 0 Å². The third-order valence-electron chi connectivity index (χ3n) is 4.58. The molecule has 0 bridgehead atoms. The standard InChI is InChI=1S/C10H20N.C10H20O6/c1-3-8-11(4-2)9-6-5-7-10-11;1-13-4-5-15-8-9-16-7-6-14-3-2-10(11)12/h3H,1,4-10H2,2H3;2-9H2,1H3,(H,11,12)/q+1;/p-1. The van der Waals surface area contributed by atoms with E-state index < -0.39 is 5.97 Å². The molecule has 7 heteroatoms. The maximum atomic E-state index is 10.0. The van der Waals surface area contributed by atoms with E-state index in [9.17, 15) is 9.90 Å². The molecule has 0 N–H and O–H groups in total. The molecule has 1 fully saturated rings. The van der Waals surface area contributed by atoms with Crippen molar-refractivity contribution in [2.75, 3.05) is 79.5 Å². The lowest BCUT2D eigenvalue weighted by molar-refractivity contribution is -0.925. The molecule has 0 spiro atoms. The first-order chi connectivity index (χ1) is 13.1. The van der Waals surface area contributed by atoms with Gasteiger partial charge in [0, 0.05) is 19.5 Å². The molecule has 1 aliphatic heterocycles. The van der Waals surface area contributed by atoms with Crippen LogP contribution in [0.2, 0.25) is 0 Å². The number of likely N-dealkylation sites (N-methyl/N-ethyl adjacent to an activating group) is 1. The van der Waals surface area contributed by atoms with E-state index in [0.717, 1.165) is 0 Å². The minimum Gasteiger partial charge on any atom is -0.550 e. The summed E-state index contributed by atoms with van der Waals surface area (Å²) in [5.74, 6) is -1.10. The molecule has 160 valence electrons. The molecule has 27 heavy (non-hydrogen) atoms. The molecule has 0 atom stereocenters. The Morgan fingerprint density at radius 1 is 0.963 bits per heavy atom. The van der Waals surface area contributed by atoms with Crippen molar-refractivity contribution >= 4 is 5.97 Å². The van der Waals surface area contributed by atoms with E-state index in [0.29, 0.717) is 39.6 Å². The molecule has 0 unspecified atom stereocenters. The summed E-state index contributed by atoms with van der Waals surface area (Å²) in [7, 11) is 1.61. The minimum atomic E-state index is -1.10. The fourth-order valence-electron chi connectivity index (χ4n) is 2.92. The predicted molar refractivity (Wildman–Crippen MR) is 103 cm³/mol. The lowest BCUT2D eigenvalue weighted by Crippen LogP contribution is -2.51. The topological polar surface area (TPSA) is 77.0 Å². The zero-order valence-electron chi connectivity index (χ0n) is 17.3. The zero-order chi connectivity index (χ0) is 20.2. The molecule has 1 heterocycles. The first kappa shape index (κ1) is 26.0. The highest BCUT2D eigenvalue weighted by Crippen LogP contribution is 2.17. The maximum absolute atomic E-state index is 10.0. The number of piperidine rings is 1. The van der Waals surface area contributed by atoms with Crippen LogP contribution in [-0.4, -0.2) is 90.0 Å². The van der Waals surface area contributed by atoms with Gasteiger partial charge in [-0.15, -0.1) is 0 Å². The summed E-state index contributed by atoms with van der Waals surface area (Å²) in [4.78, 5) is 10.0. The van der Waals surface area contributed by atoms with Gasteiger partial charge in [-0.05, 0) is 32.3 Å². The number of carbonyl (C=O) groups excluding carboxylic acids is 1. The summed E-state index contributed by atoms with van der Waals surface area (Å²) in [6.45, 7) is 14.5. The Balaban J connectivity index is 0.000000533. The second kappa shape index (κ2) is 18.4. The normalized spacial score (nSPS) is 15.6. The quantitative estimate of drug-likeness (QED) is 0.236. The Morgan fingerprint density at radius 2 is 1.48 bits per heavy atom. The molecule has 0 saturated carbocycles. The number of rotatable bonds is 15. The van der Waals surface area contributed by atoms with Crippen LogP contribution in [0.15, 0.2) is 12.7 Å². The van der Waals surface area contributed by atoms with E-state index >= 15 is 0 Å². The van der Waals surface area contributed by atoms with Gasteiger partial charge in [0.1, 0.15) is 0 Å². The van der Waals surface area contributed by atoms with Crippen LogP contribution in [0, 0.1) is 0 Å². The number of hydrogen-bond donors (Lipinski definition) is 0. The zero-order valence-corrected chi connectivity index (χ0v) is 17.3. The largest absolute Gasteiger partial charge is 0.550 e. The number of ether oxygens (including phenoxy) is 4. The number of likely N-dealkylation sites (tertiary alicyclic amines) is 1. The monoisotopic (exact) mass is 389 g/mol. The lowest BCUT2D eigenvalue weighted by Gasteiger charge is -2.39. The van der Waals surface area contributed by atoms with Gasteiger partial charge >= 0.3 is 0 Å². The number of carbonyl (C=O) groups is 1. The van der Waals surface area contributed by atoms with Crippen LogP contribution in [-0.2, 0) is 23.7 Å². The molecule has 1 saturated heterocycles. The van der Waals surface area contributed by atoms with Crippen molar-refractivity contribution in [1.82, 2.24) is 0 Å². The average molecular weight is 390 g/mol. The molecule has 0 aromatic rings. The number of methoxy groups -OCH3 is 1. The molecule has 0 aromatic carbocycles. The summed E-state index contributed by atoms with van der Waals surface area (Å²) < 4.78 is 21.4. The number of carboxylic acid groups (broad SMARTS) is 1. The van der Waals surface area contributed by atoms with Crippen molar-refractivity contribution < 1.29 is 33.3 Å². The molecule has 0 aromatic heterocycles. The van der Waals surface area contributed by atoms with Gasteiger partial charge in [0.05, 0.1) is 72.4 Å². The van der Waals surface area contributed by atoms with Gasteiger partial charge < -0.3 is 33.3 Å². The van der Waals surface area contributed by atoms with Gasteiger partial charge in [-0.2, -0.15) is 0 Å². The highest BCUT2D eigenvalue weighted by atomic mass is 16.6. The summed E-state index contributed by atoms with van der Waals surface area (Å²) in [6.07, 6.45) is 6.27. The first-order valence-corrected chi connectivity index (χ1v) is 9.98. The van der Waals surface area contributed by atoms with Crippen LogP contribution in [0.25, 0.3) is 0 Å². The maximum Gasteiger partial charge on any atom is 0.0971 e. The first-order valence-electron chi connectivity index (χ1n) is 9.98. The second-order valence-corrected chi connectivity index (χ2v) is 6.59. The Morgan fingerprint density at radius 3 is 1.93 bits per heavy atom. The van der Waals surface area contributed by atoms with Crippen molar-refractivity contribution in [2.24, 2.45) is 0 Å². The van der Waals surface area contributed by atoms with E-state index in [1.165, 1.54) is 49.9 Å². The van der Waals surface area contributed by atoms with E-state index in [-0.39, 0.29) is 13.0 Å². The van der Waals surface area contributed by atoms with Gasteiger partial charge in [0.15, 0.2) is 0 Å². The second-order valence-electron chi connectivity index (χ2n) is 6.59. The van der Waals surface area contributed by atoms with E-state index in [1.807, 2.05) is 0 Å². The molecule has 0 radical (unpaired) electrons. The van der Waals surface area contributed by atoms with Crippen LogP contribution < -0.4 is 5.11 Å². The van der Waals surface area contributed by atoms with Crippen LogP contribution in [0.4, 0.5) is 0 Å². The van der Waals surface area contributed by atoms with Crippen molar-refractivity contribution in [2.45, 2.75) is 32.6 Å². The van der Waals surface area contributed by atoms with E-state index in [1.54, 1.807) is 7.11 Å².